The van der Waals surface area contributed by atoms with Crippen LogP contribution in [0.25, 0.3) is 0 Å². The van der Waals surface area contributed by atoms with Crippen LogP contribution >= 0.6 is 0 Å². The number of aliphatic hydroxyl groups is 1. The molecule has 0 aromatic heterocycles. The van der Waals surface area contributed by atoms with E-state index in [2.05, 4.69) is 4.90 Å². The van der Waals surface area contributed by atoms with Crippen LogP contribution in [0.3, 0.4) is 0 Å². The molecule has 1 N–H and O–H groups in total. The van der Waals surface area contributed by atoms with Crippen molar-refractivity contribution in [2.45, 2.75) is 75.7 Å². The standard InChI is InChI=1S/C14H25NO2/c16-12-5-3-4-11(10-12)15-8-9-17-14-7-2-1-6-13(14)15/h11-14,16H,1-10H2. The zero-order valence-electron chi connectivity index (χ0n) is 10.7. The van der Waals surface area contributed by atoms with E-state index in [-0.39, 0.29) is 6.10 Å². The van der Waals surface area contributed by atoms with E-state index in [1.807, 2.05) is 0 Å². The maximum Gasteiger partial charge on any atom is 0.0731 e. The third-order valence-corrected chi connectivity index (χ3v) is 4.86. The Morgan fingerprint density at radius 1 is 1.00 bits per heavy atom. The number of nitrogens with zero attached hydrogens (tertiary/aromatic N) is 1. The number of hydrogen-bond donors (Lipinski definition) is 1. The lowest BCUT2D eigenvalue weighted by Gasteiger charge is -2.48. The molecule has 0 radical (unpaired) electrons. The Morgan fingerprint density at radius 2 is 1.88 bits per heavy atom. The van der Waals surface area contributed by atoms with Gasteiger partial charge < -0.3 is 9.84 Å². The van der Waals surface area contributed by atoms with Crippen LogP contribution in [-0.2, 0) is 4.74 Å². The average Bonchev–Trinajstić information content (AvgIpc) is 2.38. The Morgan fingerprint density at radius 3 is 2.76 bits per heavy atom. The van der Waals surface area contributed by atoms with Crippen molar-refractivity contribution < 1.29 is 9.84 Å². The number of aliphatic hydroxyl groups excluding tert-OH is 1. The lowest BCUT2D eigenvalue weighted by molar-refractivity contribution is -0.112. The Balaban J connectivity index is 1.67. The Labute approximate surface area is 104 Å². The topological polar surface area (TPSA) is 32.7 Å². The van der Waals surface area contributed by atoms with Gasteiger partial charge in [-0.25, -0.2) is 0 Å². The lowest BCUT2D eigenvalue weighted by Crippen LogP contribution is -2.57. The van der Waals surface area contributed by atoms with E-state index in [0.29, 0.717) is 18.2 Å². The van der Waals surface area contributed by atoms with Gasteiger partial charge in [0, 0.05) is 18.6 Å². The molecule has 2 aliphatic carbocycles. The fraction of sp³-hybridized carbons (Fsp3) is 1.00. The van der Waals surface area contributed by atoms with Crippen molar-refractivity contribution in [2.75, 3.05) is 13.2 Å². The molecular weight excluding hydrogens is 214 g/mol. The van der Waals surface area contributed by atoms with Gasteiger partial charge in [0.15, 0.2) is 0 Å². The summed E-state index contributed by atoms with van der Waals surface area (Å²) in [5, 5.41) is 9.85. The minimum Gasteiger partial charge on any atom is -0.393 e. The van der Waals surface area contributed by atoms with Crippen molar-refractivity contribution in [2.24, 2.45) is 0 Å². The molecule has 3 aliphatic rings. The van der Waals surface area contributed by atoms with Gasteiger partial charge in [-0.1, -0.05) is 12.8 Å². The fourth-order valence-corrected chi connectivity index (χ4v) is 4.02. The molecule has 98 valence electrons. The van der Waals surface area contributed by atoms with Gasteiger partial charge in [-0.05, 0) is 38.5 Å². The molecule has 4 atom stereocenters. The molecule has 0 bridgehead atoms. The second-order valence-corrected chi connectivity index (χ2v) is 5.97. The quantitative estimate of drug-likeness (QED) is 0.759. The van der Waals surface area contributed by atoms with Crippen LogP contribution < -0.4 is 0 Å². The highest BCUT2D eigenvalue weighted by molar-refractivity contribution is 4.92. The molecule has 1 saturated heterocycles. The molecule has 17 heavy (non-hydrogen) atoms. The van der Waals surface area contributed by atoms with E-state index in [1.165, 1.54) is 38.5 Å². The Bertz CT molecular complexity index is 257. The van der Waals surface area contributed by atoms with Crippen LogP contribution in [0.2, 0.25) is 0 Å². The molecule has 0 amide bonds. The maximum absolute atomic E-state index is 9.85. The molecule has 0 aromatic rings. The number of ether oxygens (including phenoxy) is 1. The summed E-state index contributed by atoms with van der Waals surface area (Å²) in [6, 6.07) is 1.26. The predicted molar refractivity (Wildman–Crippen MR) is 67.0 cm³/mol. The van der Waals surface area contributed by atoms with Gasteiger partial charge in [-0.2, -0.15) is 0 Å². The van der Waals surface area contributed by atoms with Crippen molar-refractivity contribution in [3.05, 3.63) is 0 Å². The van der Waals surface area contributed by atoms with Crippen LogP contribution in [-0.4, -0.2) is 47.4 Å². The van der Waals surface area contributed by atoms with Crippen LogP contribution in [0.15, 0.2) is 0 Å². The molecule has 4 unspecified atom stereocenters. The van der Waals surface area contributed by atoms with E-state index in [9.17, 15) is 5.11 Å². The Kier molecular flexibility index (Phi) is 3.69. The van der Waals surface area contributed by atoms with E-state index >= 15 is 0 Å². The van der Waals surface area contributed by atoms with Crippen molar-refractivity contribution >= 4 is 0 Å². The van der Waals surface area contributed by atoms with Crippen LogP contribution in [0.5, 0.6) is 0 Å². The molecule has 0 aromatic carbocycles. The molecule has 1 heterocycles. The minimum atomic E-state index is -0.0568. The third kappa shape index (κ3) is 2.51. The van der Waals surface area contributed by atoms with Gasteiger partial charge in [-0.15, -0.1) is 0 Å². The highest BCUT2D eigenvalue weighted by atomic mass is 16.5. The first-order valence-corrected chi connectivity index (χ1v) is 7.40. The summed E-state index contributed by atoms with van der Waals surface area (Å²) >= 11 is 0. The van der Waals surface area contributed by atoms with Gasteiger partial charge in [0.2, 0.25) is 0 Å². The fourth-order valence-electron chi connectivity index (χ4n) is 4.02. The second kappa shape index (κ2) is 5.25. The summed E-state index contributed by atoms with van der Waals surface area (Å²) in [5.41, 5.74) is 0. The smallest absolute Gasteiger partial charge is 0.0731 e. The summed E-state index contributed by atoms with van der Waals surface area (Å²) in [7, 11) is 0. The van der Waals surface area contributed by atoms with Crippen LogP contribution in [0.1, 0.15) is 51.4 Å². The number of morpholine rings is 1. The number of hydrogen-bond acceptors (Lipinski definition) is 3. The highest BCUT2D eigenvalue weighted by Gasteiger charge is 2.38. The first kappa shape index (κ1) is 11.9. The zero-order chi connectivity index (χ0) is 11.7. The van der Waals surface area contributed by atoms with Crippen LogP contribution in [0, 0.1) is 0 Å². The van der Waals surface area contributed by atoms with E-state index in [1.54, 1.807) is 0 Å². The first-order valence-electron chi connectivity index (χ1n) is 7.40. The molecule has 3 fully saturated rings. The van der Waals surface area contributed by atoms with Gasteiger partial charge >= 0.3 is 0 Å². The van der Waals surface area contributed by atoms with E-state index < -0.39 is 0 Å². The first-order chi connectivity index (χ1) is 8.34. The summed E-state index contributed by atoms with van der Waals surface area (Å²) < 4.78 is 5.93. The van der Waals surface area contributed by atoms with Gasteiger partial charge in [0.05, 0.1) is 18.8 Å². The third-order valence-electron chi connectivity index (χ3n) is 4.86. The summed E-state index contributed by atoms with van der Waals surface area (Å²) in [6.07, 6.45) is 10.1. The zero-order valence-corrected chi connectivity index (χ0v) is 10.7. The van der Waals surface area contributed by atoms with Crippen LogP contribution in [0.4, 0.5) is 0 Å². The van der Waals surface area contributed by atoms with E-state index in [0.717, 1.165) is 26.0 Å². The van der Waals surface area contributed by atoms with Crippen molar-refractivity contribution in [3.8, 4) is 0 Å². The lowest BCUT2D eigenvalue weighted by atomic mass is 9.85. The molecule has 2 saturated carbocycles. The number of rotatable bonds is 1. The summed E-state index contributed by atoms with van der Waals surface area (Å²) in [4.78, 5) is 2.68. The molecule has 3 rings (SSSR count). The molecule has 0 spiro atoms. The van der Waals surface area contributed by atoms with Crippen molar-refractivity contribution in [3.63, 3.8) is 0 Å². The van der Waals surface area contributed by atoms with Gasteiger partial charge in [-0.3, -0.25) is 4.90 Å². The average molecular weight is 239 g/mol. The summed E-state index contributed by atoms with van der Waals surface area (Å²) in [6.45, 7) is 1.98. The van der Waals surface area contributed by atoms with Gasteiger partial charge in [0.1, 0.15) is 0 Å². The van der Waals surface area contributed by atoms with Crippen molar-refractivity contribution in [1.29, 1.82) is 0 Å². The Hall–Kier alpha value is -0.120. The van der Waals surface area contributed by atoms with E-state index in [4.69, 9.17) is 4.74 Å². The largest absolute Gasteiger partial charge is 0.393 e. The highest BCUT2D eigenvalue weighted by Crippen LogP contribution is 2.33. The molecule has 3 heteroatoms. The SMILES string of the molecule is OC1CCCC(N2CCOC3CCCCC32)C1. The normalized spacial score (nSPS) is 44.3. The molecule has 1 aliphatic heterocycles. The predicted octanol–water partition coefficient (Wildman–Crippen LogP) is 1.93. The molecular formula is C14H25NO2. The van der Waals surface area contributed by atoms with Gasteiger partial charge in [0.25, 0.3) is 0 Å². The summed E-state index contributed by atoms with van der Waals surface area (Å²) in [5.74, 6) is 0. The monoisotopic (exact) mass is 239 g/mol. The van der Waals surface area contributed by atoms with Crippen molar-refractivity contribution in [1.82, 2.24) is 4.90 Å². The minimum absolute atomic E-state index is 0.0568. The maximum atomic E-state index is 9.85. The number of fused-ring (bicyclic) bond motifs is 1. The molecule has 3 nitrogen and oxygen atoms in total. The second-order valence-electron chi connectivity index (χ2n) is 5.97.